The van der Waals surface area contributed by atoms with E-state index in [0.717, 1.165) is 30.6 Å². The van der Waals surface area contributed by atoms with E-state index in [1.807, 2.05) is 23.1 Å². The molecule has 2 aromatic carbocycles. The number of piperazine rings is 1. The second-order valence-electron chi connectivity index (χ2n) is 8.34. The number of fused-ring (bicyclic) bond motifs is 1. The van der Waals surface area contributed by atoms with Gasteiger partial charge in [0.15, 0.2) is 0 Å². The number of hydrogen-bond acceptors (Lipinski definition) is 7. The Morgan fingerprint density at radius 1 is 1.17 bits per heavy atom. The molecule has 35 heavy (non-hydrogen) atoms. The van der Waals surface area contributed by atoms with Crippen molar-refractivity contribution in [1.82, 2.24) is 14.8 Å². The number of benzene rings is 2. The van der Waals surface area contributed by atoms with Crippen molar-refractivity contribution in [3.63, 3.8) is 0 Å². The van der Waals surface area contributed by atoms with Crippen molar-refractivity contribution in [2.75, 3.05) is 58.9 Å². The first-order valence-corrected chi connectivity index (χ1v) is 11.8. The van der Waals surface area contributed by atoms with E-state index in [9.17, 15) is 10.1 Å². The molecule has 8 nitrogen and oxygen atoms in total. The molecule has 1 amide bonds. The minimum atomic E-state index is -0.0802. The summed E-state index contributed by atoms with van der Waals surface area (Å²) in [6, 6.07) is 13.0. The molecule has 1 saturated heterocycles. The number of nitriles is 1. The molecule has 0 atom stereocenters. The van der Waals surface area contributed by atoms with Crippen LogP contribution in [0.1, 0.15) is 21.5 Å². The molecule has 1 aromatic heterocycles. The molecule has 0 unspecified atom stereocenters. The third-order valence-electron chi connectivity index (χ3n) is 6.18. The molecule has 1 fully saturated rings. The average Bonchev–Trinajstić information content (AvgIpc) is 2.90. The quantitative estimate of drug-likeness (QED) is 0.510. The Hall–Kier alpha value is -3.38. The molecule has 0 aliphatic carbocycles. The van der Waals surface area contributed by atoms with Gasteiger partial charge in [0.2, 0.25) is 0 Å². The smallest absolute Gasteiger partial charge is 0.257 e. The summed E-state index contributed by atoms with van der Waals surface area (Å²) in [5.74, 6) is 0.521. The number of aromatic nitrogens is 1. The van der Waals surface area contributed by atoms with Gasteiger partial charge in [-0.2, -0.15) is 5.26 Å². The molecular formula is C26H28ClN5O3. The van der Waals surface area contributed by atoms with Crippen LogP contribution in [0.15, 0.2) is 42.6 Å². The first-order chi connectivity index (χ1) is 17.0. The van der Waals surface area contributed by atoms with Crippen molar-refractivity contribution in [3.8, 4) is 11.8 Å². The van der Waals surface area contributed by atoms with E-state index in [1.54, 1.807) is 38.6 Å². The molecule has 3 aromatic rings. The standard InChI is InChI=1S/C26H28ClN5O3/c1-34-12-11-31-7-9-32(10-8-31)26(33)21-17-29-23-5-3-18(15-28)13-20(23)25(21)30-16-19-4-6-24(35-2)22(27)14-19/h3-6,13-14,17H,7-12,16H2,1-2H3,(H,29,30). The fraction of sp³-hybridized carbons (Fsp3) is 0.346. The molecule has 4 rings (SSSR count). The Labute approximate surface area is 210 Å². The zero-order valence-corrected chi connectivity index (χ0v) is 20.6. The van der Waals surface area contributed by atoms with Crippen molar-refractivity contribution >= 4 is 34.1 Å². The maximum absolute atomic E-state index is 13.6. The molecule has 0 saturated carbocycles. The van der Waals surface area contributed by atoms with Crippen molar-refractivity contribution in [3.05, 3.63) is 64.3 Å². The highest BCUT2D eigenvalue weighted by atomic mass is 35.5. The summed E-state index contributed by atoms with van der Waals surface area (Å²) in [4.78, 5) is 22.3. The number of hydrogen-bond donors (Lipinski definition) is 1. The number of methoxy groups -OCH3 is 2. The van der Waals surface area contributed by atoms with Crippen LogP contribution >= 0.6 is 11.6 Å². The number of carbonyl (C=O) groups is 1. The van der Waals surface area contributed by atoms with Gasteiger partial charge in [0.25, 0.3) is 5.91 Å². The topological polar surface area (TPSA) is 90.7 Å². The number of halogens is 1. The van der Waals surface area contributed by atoms with Crippen LogP contribution in [-0.4, -0.2) is 74.2 Å². The lowest BCUT2D eigenvalue weighted by atomic mass is 10.0. The lowest BCUT2D eigenvalue weighted by Gasteiger charge is -2.35. The van der Waals surface area contributed by atoms with Gasteiger partial charge in [-0.25, -0.2) is 0 Å². The van der Waals surface area contributed by atoms with Gasteiger partial charge in [0.1, 0.15) is 5.75 Å². The van der Waals surface area contributed by atoms with E-state index >= 15 is 0 Å². The van der Waals surface area contributed by atoms with Gasteiger partial charge >= 0.3 is 0 Å². The molecule has 2 heterocycles. The fourth-order valence-electron chi connectivity index (χ4n) is 4.19. The van der Waals surface area contributed by atoms with E-state index in [2.05, 4.69) is 21.3 Å². The average molecular weight is 494 g/mol. The molecular weight excluding hydrogens is 466 g/mol. The van der Waals surface area contributed by atoms with Crippen LogP contribution in [-0.2, 0) is 11.3 Å². The molecule has 0 radical (unpaired) electrons. The van der Waals surface area contributed by atoms with Crippen molar-refractivity contribution in [2.45, 2.75) is 6.54 Å². The molecule has 0 spiro atoms. The van der Waals surface area contributed by atoms with Crippen molar-refractivity contribution in [1.29, 1.82) is 5.26 Å². The van der Waals surface area contributed by atoms with Crippen LogP contribution < -0.4 is 10.1 Å². The minimum absolute atomic E-state index is 0.0802. The highest BCUT2D eigenvalue weighted by molar-refractivity contribution is 6.32. The normalized spacial score (nSPS) is 14.1. The summed E-state index contributed by atoms with van der Waals surface area (Å²) in [5, 5.41) is 14.1. The molecule has 182 valence electrons. The maximum atomic E-state index is 13.6. The molecule has 1 aliphatic rings. The fourth-order valence-corrected chi connectivity index (χ4v) is 4.47. The van der Waals surface area contributed by atoms with Gasteiger partial charge in [-0.1, -0.05) is 17.7 Å². The maximum Gasteiger partial charge on any atom is 0.257 e. The summed E-state index contributed by atoms with van der Waals surface area (Å²) in [5.41, 5.74) is 3.29. The zero-order valence-electron chi connectivity index (χ0n) is 19.9. The molecule has 1 N–H and O–H groups in total. The summed E-state index contributed by atoms with van der Waals surface area (Å²) in [6.07, 6.45) is 1.62. The summed E-state index contributed by atoms with van der Waals surface area (Å²) in [7, 11) is 3.27. The Morgan fingerprint density at radius 3 is 2.66 bits per heavy atom. The van der Waals surface area contributed by atoms with Gasteiger partial charge in [-0.05, 0) is 35.9 Å². The van der Waals surface area contributed by atoms with Gasteiger partial charge < -0.3 is 19.7 Å². The Kier molecular flexibility index (Phi) is 8.03. The minimum Gasteiger partial charge on any atom is -0.495 e. The number of rotatable bonds is 8. The SMILES string of the molecule is COCCN1CCN(C(=O)c2cnc3ccc(C#N)cc3c2NCc2ccc(OC)c(Cl)c2)CC1. The number of amides is 1. The molecule has 0 bridgehead atoms. The lowest BCUT2D eigenvalue weighted by Crippen LogP contribution is -2.49. The second kappa shape index (κ2) is 11.4. The van der Waals surface area contributed by atoms with Crippen LogP contribution in [0.2, 0.25) is 5.02 Å². The van der Waals surface area contributed by atoms with Crippen molar-refractivity contribution < 1.29 is 14.3 Å². The van der Waals surface area contributed by atoms with Crippen LogP contribution in [0, 0.1) is 11.3 Å². The van der Waals surface area contributed by atoms with Gasteiger partial charge in [-0.3, -0.25) is 14.7 Å². The summed E-state index contributed by atoms with van der Waals surface area (Å²) < 4.78 is 10.4. The van der Waals surface area contributed by atoms with Crippen LogP contribution in [0.25, 0.3) is 10.9 Å². The monoisotopic (exact) mass is 493 g/mol. The summed E-state index contributed by atoms with van der Waals surface area (Å²) >= 11 is 6.30. The van der Waals surface area contributed by atoms with Crippen molar-refractivity contribution in [2.24, 2.45) is 0 Å². The lowest BCUT2D eigenvalue weighted by molar-refractivity contribution is 0.0595. The number of nitrogens with zero attached hydrogens (tertiary/aromatic N) is 4. The Morgan fingerprint density at radius 2 is 1.97 bits per heavy atom. The van der Waals surface area contributed by atoms with Crippen LogP contribution in [0.4, 0.5) is 5.69 Å². The number of anilines is 1. The second-order valence-corrected chi connectivity index (χ2v) is 8.75. The predicted octanol–water partition coefficient (Wildman–Crippen LogP) is 3.78. The number of carbonyl (C=O) groups excluding carboxylic acids is 1. The summed E-state index contributed by atoms with van der Waals surface area (Å²) in [6.45, 7) is 4.81. The molecule has 1 aliphatic heterocycles. The number of ether oxygens (including phenoxy) is 2. The Bertz CT molecular complexity index is 1250. The highest BCUT2D eigenvalue weighted by Crippen LogP contribution is 2.30. The highest BCUT2D eigenvalue weighted by Gasteiger charge is 2.25. The third kappa shape index (κ3) is 5.65. The predicted molar refractivity (Wildman–Crippen MR) is 136 cm³/mol. The van der Waals surface area contributed by atoms with Gasteiger partial charge in [0.05, 0.1) is 47.1 Å². The van der Waals surface area contributed by atoms with Crippen LogP contribution in [0.3, 0.4) is 0 Å². The van der Waals surface area contributed by atoms with E-state index in [4.69, 9.17) is 21.1 Å². The first kappa shape index (κ1) is 24.7. The third-order valence-corrected chi connectivity index (χ3v) is 6.48. The molecule has 9 heteroatoms. The van der Waals surface area contributed by atoms with Gasteiger partial charge in [0, 0.05) is 58.0 Å². The first-order valence-electron chi connectivity index (χ1n) is 11.4. The van der Waals surface area contributed by atoms with E-state index in [-0.39, 0.29) is 5.91 Å². The number of nitrogens with one attached hydrogen (secondary N) is 1. The van der Waals surface area contributed by atoms with E-state index < -0.39 is 0 Å². The van der Waals surface area contributed by atoms with Gasteiger partial charge in [-0.15, -0.1) is 0 Å². The van der Waals surface area contributed by atoms with E-state index in [0.29, 0.717) is 59.3 Å². The largest absolute Gasteiger partial charge is 0.495 e. The number of pyridine rings is 1. The van der Waals surface area contributed by atoms with E-state index in [1.165, 1.54) is 0 Å². The van der Waals surface area contributed by atoms with Crippen LogP contribution in [0.5, 0.6) is 5.75 Å². The zero-order chi connectivity index (χ0) is 24.8. The Balaban J connectivity index is 1.63.